The minimum absolute atomic E-state index is 0.111. The second kappa shape index (κ2) is 6.57. The van der Waals surface area contributed by atoms with Crippen molar-refractivity contribution in [3.8, 4) is 11.5 Å². The molecule has 1 N–H and O–H groups in total. The Morgan fingerprint density at radius 2 is 1.87 bits per heavy atom. The van der Waals surface area contributed by atoms with Gasteiger partial charge < -0.3 is 14.8 Å². The van der Waals surface area contributed by atoms with Gasteiger partial charge in [0.1, 0.15) is 0 Å². The number of carbonyl (C=O) groups excluding carboxylic acids is 1. The maximum Gasteiger partial charge on any atom is 0.244 e. The Morgan fingerprint density at radius 1 is 1.13 bits per heavy atom. The van der Waals surface area contributed by atoms with Crippen molar-refractivity contribution in [1.82, 2.24) is 5.32 Å². The molecule has 0 spiro atoms. The van der Waals surface area contributed by atoms with Crippen molar-refractivity contribution in [2.45, 2.75) is 19.9 Å². The number of aryl methyl sites for hydroxylation is 1. The van der Waals surface area contributed by atoms with E-state index in [-0.39, 0.29) is 18.7 Å². The highest BCUT2D eigenvalue weighted by atomic mass is 16.7. The lowest BCUT2D eigenvalue weighted by molar-refractivity contribution is -0.117. The molecule has 0 saturated carbocycles. The largest absolute Gasteiger partial charge is 0.454 e. The van der Waals surface area contributed by atoms with Crippen molar-refractivity contribution in [3.63, 3.8) is 0 Å². The normalized spacial score (nSPS) is 14.0. The van der Waals surface area contributed by atoms with Crippen LogP contribution >= 0.6 is 0 Å². The van der Waals surface area contributed by atoms with Crippen molar-refractivity contribution in [2.75, 3.05) is 6.79 Å². The molecule has 0 radical (unpaired) electrons. The second-order valence-electron chi connectivity index (χ2n) is 5.59. The third kappa shape index (κ3) is 3.72. The molecule has 0 bridgehead atoms. The van der Waals surface area contributed by atoms with E-state index < -0.39 is 0 Å². The first-order chi connectivity index (χ1) is 11.1. The van der Waals surface area contributed by atoms with Crippen LogP contribution in [0.3, 0.4) is 0 Å². The van der Waals surface area contributed by atoms with Gasteiger partial charge in [0.05, 0.1) is 6.04 Å². The first-order valence-corrected chi connectivity index (χ1v) is 7.56. The average Bonchev–Trinajstić information content (AvgIpc) is 3.02. The minimum Gasteiger partial charge on any atom is -0.454 e. The molecule has 118 valence electrons. The number of ether oxygens (including phenoxy) is 2. The molecular weight excluding hydrogens is 290 g/mol. The number of benzene rings is 2. The highest BCUT2D eigenvalue weighted by Crippen LogP contribution is 2.34. The van der Waals surface area contributed by atoms with Gasteiger partial charge in [0.15, 0.2) is 11.5 Å². The van der Waals surface area contributed by atoms with Gasteiger partial charge in [-0.2, -0.15) is 0 Å². The number of rotatable bonds is 4. The van der Waals surface area contributed by atoms with Gasteiger partial charge in [-0.3, -0.25) is 4.79 Å². The summed E-state index contributed by atoms with van der Waals surface area (Å²) < 4.78 is 10.6. The quantitative estimate of drug-likeness (QED) is 0.878. The molecule has 2 aromatic rings. The van der Waals surface area contributed by atoms with Crippen LogP contribution < -0.4 is 14.8 Å². The Morgan fingerprint density at radius 3 is 2.65 bits per heavy atom. The highest BCUT2D eigenvalue weighted by Gasteiger charge is 2.16. The molecule has 2 aromatic carbocycles. The molecular formula is C19H19NO3. The zero-order chi connectivity index (χ0) is 16.2. The van der Waals surface area contributed by atoms with Gasteiger partial charge in [-0.15, -0.1) is 0 Å². The number of hydrogen-bond acceptors (Lipinski definition) is 3. The Labute approximate surface area is 135 Å². The Balaban J connectivity index is 1.62. The molecule has 1 aliphatic heterocycles. The van der Waals surface area contributed by atoms with Crippen molar-refractivity contribution in [1.29, 1.82) is 0 Å². The summed E-state index contributed by atoms with van der Waals surface area (Å²) in [6.07, 6.45) is 3.36. The molecule has 1 amide bonds. The van der Waals surface area contributed by atoms with Crippen LogP contribution in [0.2, 0.25) is 0 Å². The maximum atomic E-state index is 12.0. The number of amides is 1. The molecule has 0 fully saturated rings. The fourth-order valence-electron chi connectivity index (χ4n) is 2.38. The molecule has 4 nitrogen and oxygen atoms in total. The molecule has 3 rings (SSSR count). The molecule has 1 atom stereocenters. The van der Waals surface area contributed by atoms with Gasteiger partial charge in [-0.05, 0) is 43.2 Å². The SMILES string of the molecule is Cc1ccc(C=CC(=O)NC(C)c2ccc3c(c2)OCO3)cc1. The zero-order valence-electron chi connectivity index (χ0n) is 13.2. The first-order valence-electron chi connectivity index (χ1n) is 7.56. The highest BCUT2D eigenvalue weighted by molar-refractivity contribution is 5.92. The van der Waals surface area contributed by atoms with Crippen molar-refractivity contribution in [3.05, 3.63) is 65.2 Å². The van der Waals surface area contributed by atoms with Gasteiger partial charge in [0.2, 0.25) is 12.7 Å². The summed E-state index contributed by atoms with van der Waals surface area (Å²) in [4.78, 5) is 12.0. The minimum atomic E-state index is -0.129. The van der Waals surface area contributed by atoms with Crippen LogP contribution in [-0.4, -0.2) is 12.7 Å². The smallest absolute Gasteiger partial charge is 0.244 e. The van der Waals surface area contributed by atoms with Gasteiger partial charge >= 0.3 is 0 Å². The van der Waals surface area contributed by atoms with Crippen LogP contribution in [0.15, 0.2) is 48.5 Å². The van der Waals surface area contributed by atoms with E-state index in [1.165, 1.54) is 5.56 Å². The molecule has 0 aliphatic carbocycles. The summed E-state index contributed by atoms with van der Waals surface area (Å²) in [6, 6.07) is 13.6. The van der Waals surface area contributed by atoms with Crippen molar-refractivity contribution in [2.24, 2.45) is 0 Å². The van der Waals surface area contributed by atoms with E-state index in [0.29, 0.717) is 0 Å². The van der Waals surface area contributed by atoms with E-state index in [2.05, 4.69) is 5.32 Å². The van der Waals surface area contributed by atoms with Crippen LogP contribution in [0, 0.1) is 6.92 Å². The molecule has 1 aliphatic rings. The first kappa shape index (κ1) is 15.2. The van der Waals surface area contributed by atoms with Crippen LogP contribution in [0.4, 0.5) is 0 Å². The van der Waals surface area contributed by atoms with Crippen molar-refractivity contribution < 1.29 is 14.3 Å². The molecule has 1 heterocycles. The fourth-order valence-corrected chi connectivity index (χ4v) is 2.38. The monoisotopic (exact) mass is 309 g/mol. The number of fused-ring (bicyclic) bond motifs is 1. The van der Waals surface area contributed by atoms with Crippen LogP contribution in [0.1, 0.15) is 29.7 Å². The number of hydrogen-bond donors (Lipinski definition) is 1. The van der Waals surface area contributed by atoms with Crippen LogP contribution in [-0.2, 0) is 4.79 Å². The van der Waals surface area contributed by atoms with E-state index in [9.17, 15) is 4.79 Å². The summed E-state index contributed by atoms with van der Waals surface area (Å²) in [5, 5.41) is 2.95. The predicted octanol–water partition coefficient (Wildman–Crippen LogP) is 3.61. The van der Waals surface area contributed by atoms with Crippen LogP contribution in [0.25, 0.3) is 6.08 Å². The second-order valence-corrected chi connectivity index (χ2v) is 5.59. The molecule has 23 heavy (non-hydrogen) atoms. The third-order valence-electron chi connectivity index (χ3n) is 3.76. The molecule has 4 heteroatoms. The zero-order valence-corrected chi connectivity index (χ0v) is 13.2. The topological polar surface area (TPSA) is 47.6 Å². The summed E-state index contributed by atoms with van der Waals surface area (Å²) in [5.41, 5.74) is 3.18. The van der Waals surface area contributed by atoms with Gasteiger partial charge in [0, 0.05) is 6.08 Å². The van der Waals surface area contributed by atoms with E-state index in [1.807, 2.05) is 56.3 Å². The Hall–Kier alpha value is -2.75. The van der Waals surface area contributed by atoms with E-state index in [1.54, 1.807) is 12.2 Å². The van der Waals surface area contributed by atoms with E-state index >= 15 is 0 Å². The number of carbonyl (C=O) groups is 1. The molecule has 0 aromatic heterocycles. The molecule has 1 unspecified atom stereocenters. The van der Waals surface area contributed by atoms with Gasteiger partial charge in [0.25, 0.3) is 0 Å². The third-order valence-corrected chi connectivity index (χ3v) is 3.76. The summed E-state index contributed by atoms with van der Waals surface area (Å²) in [7, 11) is 0. The van der Waals surface area contributed by atoms with Gasteiger partial charge in [-0.25, -0.2) is 0 Å². The Bertz CT molecular complexity index is 735. The average molecular weight is 309 g/mol. The predicted molar refractivity (Wildman–Crippen MR) is 89.3 cm³/mol. The maximum absolute atomic E-state index is 12.0. The lowest BCUT2D eigenvalue weighted by atomic mass is 10.1. The number of nitrogens with one attached hydrogen (secondary N) is 1. The summed E-state index contributed by atoms with van der Waals surface area (Å²) in [6.45, 7) is 4.22. The Kier molecular flexibility index (Phi) is 4.33. The van der Waals surface area contributed by atoms with Gasteiger partial charge in [-0.1, -0.05) is 35.9 Å². The lowest BCUT2D eigenvalue weighted by Gasteiger charge is -2.13. The lowest BCUT2D eigenvalue weighted by Crippen LogP contribution is -2.24. The van der Waals surface area contributed by atoms with Crippen LogP contribution in [0.5, 0.6) is 11.5 Å². The van der Waals surface area contributed by atoms with E-state index in [0.717, 1.165) is 22.6 Å². The van der Waals surface area contributed by atoms with Crippen molar-refractivity contribution >= 4 is 12.0 Å². The standard InChI is InChI=1S/C19H19NO3/c1-13-3-5-15(6-4-13)7-10-19(21)20-14(2)16-8-9-17-18(11-16)23-12-22-17/h3-11,14H,12H2,1-2H3,(H,20,21). The summed E-state index contributed by atoms with van der Waals surface area (Å²) >= 11 is 0. The summed E-state index contributed by atoms with van der Waals surface area (Å²) in [5.74, 6) is 1.33. The molecule has 0 saturated heterocycles. The fraction of sp³-hybridized carbons (Fsp3) is 0.211. The van der Waals surface area contributed by atoms with E-state index in [4.69, 9.17) is 9.47 Å².